The van der Waals surface area contributed by atoms with Crippen LogP contribution in [0.15, 0.2) is 11.0 Å². The van der Waals surface area contributed by atoms with Gasteiger partial charge >= 0.3 is 0 Å². The number of nitrogens with zero attached hydrogens (tertiary/aromatic N) is 1. The zero-order valence-corrected chi connectivity index (χ0v) is 14.8. The van der Waals surface area contributed by atoms with Crippen LogP contribution in [0.4, 0.5) is 0 Å². The fraction of sp³-hybridized carbons (Fsp3) is 0.562. The maximum atomic E-state index is 12.5. The molecule has 2 heterocycles. The van der Waals surface area contributed by atoms with E-state index in [0.29, 0.717) is 24.0 Å². The molecule has 136 valence electrons. The Hall–Kier alpha value is -2.16. The number of hydrazine groups is 1. The molecule has 1 aromatic heterocycles. The Morgan fingerprint density at radius 1 is 1.16 bits per heavy atom. The number of amides is 2. The van der Waals surface area contributed by atoms with Gasteiger partial charge in [-0.15, -0.1) is 0 Å². The van der Waals surface area contributed by atoms with Crippen molar-refractivity contribution in [3.05, 3.63) is 33.2 Å². The normalized spacial score (nSPS) is 21.4. The third-order valence-corrected chi connectivity index (χ3v) is 6.61. The van der Waals surface area contributed by atoms with Crippen LogP contribution in [0, 0.1) is 5.92 Å². The van der Waals surface area contributed by atoms with Gasteiger partial charge < -0.3 is 4.57 Å². The number of sulfone groups is 1. The van der Waals surface area contributed by atoms with Gasteiger partial charge in [-0.05, 0) is 37.7 Å². The topological polar surface area (TPSA) is 114 Å². The lowest BCUT2D eigenvalue weighted by Gasteiger charge is -2.20. The van der Waals surface area contributed by atoms with Crippen molar-refractivity contribution in [1.82, 2.24) is 15.4 Å². The molecule has 0 spiro atoms. The molecule has 1 aliphatic heterocycles. The zero-order valence-electron chi connectivity index (χ0n) is 14.0. The molecule has 1 fully saturated rings. The van der Waals surface area contributed by atoms with E-state index in [1.165, 1.54) is 10.8 Å². The minimum absolute atomic E-state index is 0.00661. The minimum Gasteiger partial charge on any atom is -0.318 e. The van der Waals surface area contributed by atoms with Crippen LogP contribution in [0.2, 0.25) is 0 Å². The fourth-order valence-electron chi connectivity index (χ4n) is 3.47. The van der Waals surface area contributed by atoms with E-state index in [1.807, 2.05) is 0 Å². The average molecular weight is 367 g/mol. The Morgan fingerprint density at radius 2 is 1.84 bits per heavy atom. The molecule has 2 aliphatic rings. The van der Waals surface area contributed by atoms with Crippen molar-refractivity contribution in [2.24, 2.45) is 13.0 Å². The van der Waals surface area contributed by atoms with Crippen LogP contribution >= 0.6 is 0 Å². The number of carbonyl (C=O) groups excluding carboxylic acids is 2. The molecular formula is C16H21N3O5S. The molecule has 0 saturated carbocycles. The van der Waals surface area contributed by atoms with E-state index >= 15 is 0 Å². The van der Waals surface area contributed by atoms with Crippen LogP contribution in [0.1, 0.15) is 40.7 Å². The van der Waals surface area contributed by atoms with Crippen molar-refractivity contribution in [3.8, 4) is 0 Å². The predicted molar refractivity (Wildman–Crippen MR) is 90.7 cm³/mol. The Labute approximate surface area is 145 Å². The minimum atomic E-state index is -3.17. The van der Waals surface area contributed by atoms with Gasteiger partial charge in [0.15, 0.2) is 9.84 Å². The van der Waals surface area contributed by atoms with Gasteiger partial charge in [-0.1, -0.05) is 0 Å². The Bertz CT molecular complexity index is 888. The first kappa shape index (κ1) is 17.7. The molecule has 0 bridgehead atoms. The summed E-state index contributed by atoms with van der Waals surface area (Å²) < 4.78 is 24.2. The van der Waals surface area contributed by atoms with Gasteiger partial charge in [0.2, 0.25) is 5.91 Å². The van der Waals surface area contributed by atoms with Crippen LogP contribution in [-0.4, -0.2) is 36.3 Å². The summed E-state index contributed by atoms with van der Waals surface area (Å²) in [5.74, 6) is -1.84. The second-order valence-electron chi connectivity index (χ2n) is 6.67. The third kappa shape index (κ3) is 3.60. The summed E-state index contributed by atoms with van der Waals surface area (Å²) in [5.41, 5.74) is 6.34. The second-order valence-corrected chi connectivity index (χ2v) is 8.90. The predicted octanol–water partition coefficient (Wildman–Crippen LogP) is -0.540. The number of aryl methyl sites for hydroxylation is 1. The summed E-state index contributed by atoms with van der Waals surface area (Å²) in [4.78, 5) is 36.7. The Balaban J connectivity index is 1.73. The lowest BCUT2D eigenvalue weighted by Crippen LogP contribution is -2.45. The highest BCUT2D eigenvalue weighted by Gasteiger charge is 2.33. The quantitative estimate of drug-likeness (QED) is 0.682. The summed E-state index contributed by atoms with van der Waals surface area (Å²) in [5, 5.41) is 0. The van der Waals surface area contributed by atoms with Gasteiger partial charge in [0.25, 0.3) is 11.5 Å². The van der Waals surface area contributed by atoms with Crippen LogP contribution in [-0.2, 0) is 34.5 Å². The molecule has 3 rings (SSSR count). The highest BCUT2D eigenvalue weighted by molar-refractivity contribution is 7.91. The molecular weight excluding hydrogens is 346 g/mol. The molecule has 1 aromatic rings. The Kier molecular flexibility index (Phi) is 4.68. The van der Waals surface area contributed by atoms with E-state index < -0.39 is 27.6 Å². The molecule has 1 saturated heterocycles. The second kappa shape index (κ2) is 6.62. The van der Waals surface area contributed by atoms with Crippen molar-refractivity contribution >= 4 is 21.7 Å². The van der Waals surface area contributed by atoms with E-state index in [0.717, 1.165) is 18.4 Å². The molecule has 25 heavy (non-hydrogen) atoms. The van der Waals surface area contributed by atoms with Gasteiger partial charge in [-0.3, -0.25) is 25.2 Å². The fourth-order valence-corrected chi connectivity index (χ4v) is 5.21. The molecule has 0 aromatic carbocycles. The highest BCUT2D eigenvalue weighted by atomic mass is 32.2. The molecule has 2 N–H and O–H groups in total. The van der Waals surface area contributed by atoms with Gasteiger partial charge in [-0.25, -0.2) is 8.42 Å². The number of nitrogens with one attached hydrogen (secondary N) is 2. The third-order valence-electron chi connectivity index (χ3n) is 4.84. The number of hydrogen-bond donors (Lipinski definition) is 2. The van der Waals surface area contributed by atoms with E-state index in [-0.39, 0.29) is 23.5 Å². The van der Waals surface area contributed by atoms with Gasteiger partial charge in [0, 0.05) is 18.8 Å². The lowest BCUT2D eigenvalue weighted by molar-refractivity contribution is -0.125. The largest absolute Gasteiger partial charge is 0.318 e. The van der Waals surface area contributed by atoms with Gasteiger partial charge in [-0.2, -0.15) is 0 Å². The van der Waals surface area contributed by atoms with Crippen molar-refractivity contribution in [2.45, 2.75) is 32.1 Å². The number of pyridine rings is 1. The number of rotatable bonds is 2. The first-order chi connectivity index (χ1) is 11.8. The molecule has 9 heteroatoms. The smallest absolute Gasteiger partial charge is 0.271 e. The lowest BCUT2D eigenvalue weighted by atomic mass is 9.89. The summed E-state index contributed by atoms with van der Waals surface area (Å²) in [6.07, 6.45) is 4.87. The standard InChI is InChI=1S/C16H21N3O5S/c1-19-8-13(11-4-2-3-5-12(11)16(19)22)15(21)18-17-14(20)10-6-7-25(23,24)9-10/h8,10H,2-7,9H2,1H3,(H,17,20)(H,18,21). The summed E-state index contributed by atoms with van der Waals surface area (Å²) in [6, 6.07) is 0. The molecule has 1 unspecified atom stereocenters. The summed E-state index contributed by atoms with van der Waals surface area (Å²) in [6.45, 7) is 0. The maximum Gasteiger partial charge on any atom is 0.271 e. The van der Waals surface area contributed by atoms with Crippen molar-refractivity contribution in [3.63, 3.8) is 0 Å². The number of aromatic nitrogens is 1. The van der Waals surface area contributed by atoms with Crippen LogP contribution < -0.4 is 16.4 Å². The molecule has 2 amide bonds. The first-order valence-electron chi connectivity index (χ1n) is 8.30. The van der Waals surface area contributed by atoms with E-state index in [2.05, 4.69) is 10.9 Å². The van der Waals surface area contributed by atoms with Crippen LogP contribution in [0.5, 0.6) is 0 Å². The molecule has 0 radical (unpaired) electrons. The SMILES string of the molecule is Cn1cc(C(=O)NNC(=O)C2CCS(=O)(=O)C2)c2c(c1=O)CCCC2. The number of hydrogen-bond acceptors (Lipinski definition) is 5. The van der Waals surface area contributed by atoms with Crippen LogP contribution in [0.25, 0.3) is 0 Å². The van der Waals surface area contributed by atoms with E-state index in [9.17, 15) is 22.8 Å². The summed E-state index contributed by atoms with van der Waals surface area (Å²) >= 11 is 0. The van der Waals surface area contributed by atoms with Gasteiger partial charge in [0.1, 0.15) is 0 Å². The molecule has 8 nitrogen and oxygen atoms in total. The van der Waals surface area contributed by atoms with E-state index in [4.69, 9.17) is 0 Å². The maximum absolute atomic E-state index is 12.5. The zero-order chi connectivity index (χ0) is 18.2. The molecule has 1 aliphatic carbocycles. The molecule has 1 atom stereocenters. The number of carbonyl (C=O) groups is 2. The monoisotopic (exact) mass is 367 g/mol. The van der Waals surface area contributed by atoms with Crippen molar-refractivity contribution < 1.29 is 18.0 Å². The van der Waals surface area contributed by atoms with Crippen molar-refractivity contribution in [2.75, 3.05) is 11.5 Å². The highest BCUT2D eigenvalue weighted by Crippen LogP contribution is 2.22. The number of fused-ring (bicyclic) bond motifs is 1. The van der Waals surface area contributed by atoms with Crippen LogP contribution in [0.3, 0.4) is 0 Å². The summed E-state index contributed by atoms with van der Waals surface area (Å²) in [7, 11) is -1.57. The van der Waals surface area contributed by atoms with E-state index in [1.54, 1.807) is 7.05 Å². The first-order valence-corrected chi connectivity index (χ1v) is 10.1. The Morgan fingerprint density at radius 3 is 2.48 bits per heavy atom. The average Bonchev–Trinajstić information content (AvgIpc) is 2.95. The van der Waals surface area contributed by atoms with Gasteiger partial charge in [0.05, 0.1) is 23.0 Å². The van der Waals surface area contributed by atoms with Crippen molar-refractivity contribution in [1.29, 1.82) is 0 Å².